The highest BCUT2D eigenvalue weighted by Crippen LogP contribution is 2.29. The molecule has 1 aliphatic heterocycles. The van der Waals surface area contributed by atoms with Crippen LogP contribution >= 0.6 is 23.4 Å². The number of thioether (sulfide) groups is 1. The third kappa shape index (κ3) is 3.80. The maximum absolute atomic E-state index is 12.2. The summed E-state index contributed by atoms with van der Waals surface area (Å²) in [5.41, 5.74) is 1.79. The van der Waals surface area contributed by atoms with E-state index in [4.69, 9.17) is 11.6 Å². The highest BCUT2D eigenvalue weighted by atomic mass is 35.5. The Labute approximate surface area is 155 Å². The van der Waals surface area contributed by atoms with Crippen LogP contribution in [0.2, 0.25) is 5.02 Å². The number of aromatic nitrogens is 2. The summed E-state index contributed by atoms with van der Waals surface area (Å²) >= 11 is 7.31. The number of benzene rings is 1. The number of hydrogen-bond donors (Lipinski definition) is 1. The summed E-state index contributed by atoms with van der Waals surface area (Å²) in [4.78, 5) is 17.5. The number of carbonyl (C=O) groups is 1. The second-order valence-electron chi connectivity index (χ2n) is 6.13. The number of rotatable bonds is 3. The van der Waals surface area contributed by atoms with Crippen LogP contribution in [0, 0.1) is 0 Å². The first-order valence-electron chi connectivity index (χ1n) is 8.27. The van der Waals surface area contributed by atoms with Crippen LogP contribution in [0.15, 0.2) is 46.6 Å². The number of hydrogen-bond acceptors (Lipinski definition) is 4. The summed E-state index contributed by atoms with van der Waals surface area (Å²) in [7, 11) is 0. The van der Waals surface area contributed by atoms with Gasteiger partial charge in [0.25, 0.3) is 5.91 Å². The van der Waals surface area contributed by atoms with Crippen LogP contribution in [-0.2, 0) is 4.79 Å². The Hall–Kier alpha value is -2.05. The van der Waals surface area contributed by atoms with Crippen LogP contribution < -0.4 is 5.32 Å². The van der Waals surface area contributed by atoms with Gasteiger partial charge in [0, 0.05) is 16.8 Å². The minimum absolute atomic E-state index is 0.0963. The third-order valence-electron chi connectivity index (χ3n) is 4.27. The summed E-state index contributed by atoms with van der Waals surface area (Å²) < 4.78 is 1.76. The number of halogens is 1. The molecule has 2 aromatic rings. The number of amidine groups is 1. The number of nitrogens with one attached hydrogen (secondary N) is 1. The molecule has 1 aromatic carbocycles. The zero-order valence-corrected chi connectivity index (χ0v) is 15.1. The van der Waals surface area contributed by atoms with Crippen molar-refractivity contribution >= 4 is 40.5 Å². The molecule has 25 heavy (non-hydrogen) atoms. The van der Waals surface area contributed by atoms with Gasteiger partial charge in [-0.2, -0.15) is 5.10 Å². The van der Waals surface area contributed by atoms with E-state index in [-0.39, 0.29) is 5.91 Å². The summed E-state index contributed by atoms with van der Waals surface area (Å²) in [6.45, 7) is 0. The SMILES string of the molecule is O=C1NC(=NC2CCCC2)SC1=Cc1cnn(-c2ccc(Cl)cc2)c1. The van der Waals surface area contributed by atoms with Gasteiger partial charge in [-0.15, -0.1) is 0 Å². The second kappa shape index (κ2) is 7.06. The van der Waals surface area contributed by atoms with Crippen LogP contribution in [0.1, 0.15) is 31.2 Å². The lowest BCUT2D eigenvalue weighted by atomic mass is 10.3. The summed E-state index contributed by atoms with van der Waals surface area (Å²) in [5, 5.41) is 8.61. The predicted molar refractivity (Wildman–Crippen MR) is 102 cm³/mol. The van der Waals surface area contributed by atoms with E-state index >= 15 is 0 Å². The number of amides is 1. The summed E-state index contributed by atoms with van der Waals surface area (Å²) in [5.74, 6) is -0.0963. The van der Waals surface area contributed by atoms with Crippen molar-refractivity contribution in [3.05, 3.63) is 52.2 Å². The van der Waals surface area contributed by atoms with Crippen LogP contribution in [0.5, 0.6) is 0 Å². The van der Waals surface area contributed by atoms with E-state index in [1.807, 2.05) is 36.5 Å². The first-order chi connectivity index (χ1) is 12.2. The molecule has 0 spiro atoms. The Kier molecular flexibility index (Phi) is 4.63. The summed E-state index contributed by atoms with van der Waals surface area (Å²) in [6, 6.07) is 7.80. The van der Waals surface area contributed by atoms with Gasteiger partial charge in [0.15, 0.2) is 5.17 Å². The molecule has 4 rings (SSSR count). The molecule has 1 saturated carbocycles. The highest BCUT2D eigenvalue weighted by Gasteiger charge is 2.25. The van der Waals surface area contributed by atoms with Gasteiger partial charge in [-0.3, -0.25) is 9.79 Å². The lowest BCUT2D eigenvalue weighted by Crippen LogP contribution is -2.21. The fraction of sp³-hybridized carbons (Fsp3) is 0.278. The molecule has 0 unspecified atom stereocenters. The monoisotopic (exact) mass is 372 g/mol. The minimum atomic E-state index is -0.0963. The number of nitrogens with zero attached hydrogens (tertiary/aromatic N) is 3. The van der Waals surface area contributed by atoms with Crippen LogP contribution in [-0.4, -0.2) is 26.9 Å². The Bertz CT molecular complexity index is 850. The van der Waals surface area contributed by atoms with Crippen LogP contribution in [0.3, 0.4) is 0 Å². The van der Waals surface area contributed by atoms with Crippen LogP contribution in [0.4, 0.5) is 0 Å². The van der Waals surface area contributed by atoms with Crippen molar-refractivity contribution in [3.63, 3.8) is 0 Å². The Morgan fingerprint density at radius 2 is 2.04 bits per heavy atom. The average molecular weight is 373 g/mol. The third-order valence-corrected chi connectivity index (χ3v) is 5.44. The number of carbonyl (C=O) groups excluding carboxylic acids is 1. The molecule has 1 amide bonds. The first-order valence-corrected chi connectivity index (χ1v) is 9.46. The highest BCUT2D eigenvalue weighted by molar-refractivity contribution is 8.18. The molecule has 2 fully saturated rings. The molecule has 1 aliphatic carbocycles. The Morgan fingerprint density at radius 3 is 2.80 bits per heavy atom. The van der Waals surface area contributed by atoms with Crippen molar-refractivity contribution in [2.45, 2.75) is 31.7 Å². The van der Waals surface area contributed by atoms with Crippen molar-refractivity contribution in [2.24, 2.45) is 4.99 Å². The largest absolute Gasteiger partial charge is 0.301 e. The standard InChI is InChI=1S/C18H17ClN4OS/c19-13-5-7-15(8-6-13)23-11-12(10-20-23)9-16-17(24)22-18(25-16)21-14-3-1-2-4-14/h5-11,14H,1-4H2,(H,21,22,24). The molecular formula is C18H17ClN4OS. The molecule has 7 heteroatoms. The molecule has 128 valence electrons. The molecular weight excluding hydrogens is 356 g/mol. The van der Waals surface area contributed by atoms with Crippen molar-refractivity contribution in [1.29, 1.82) is 0 Å². The lowest BCUT2D eigenvalue weighted by Gasteiger charge is -2.02. The first kappa shape index (κ1) is 16.4. The molecule has 0 atom stereocenters. The quantitative estimate of drug-likeness (QED) is 0.827. The van der Waals surface area contributed by atoms with Gasteiger partial charge in [-0.1, -0.05) is 24.4 Å². The lowest BCUT2D eigenvalue weighted by molar-refractivity contribution is -0.115. The van der Waals surface area contributed by atoms with E-state index < -0.39 is 0 Å². The average Bonchev–Trinajstić information content (AvgIpc) is 3.32. The van der Waals surface area contributed by atoms with Crippen molar-refractivity contribution in [2.75, 3.05) is 0 Å². The normalized spacial score (nSPS) is 21.4. The second-order valence-corrected chi connectivity index (χ2v) is 7.60. The van der Waals surface area contributed by atoms with Gasteiger partial charge < -0.3 is 5.32 Å². The fourth-order valence-electron chi connectivity index (χ4n) is 2.99. The molecule has 0 bridgehead atoms. The Morgan fingerprint density at radius 1 is 1.28 bits per heavy atom. The molecule has 1 saturated heterocycles. The van der Waals surface area contributed by atoms with Gasteiger partial charge in [0.1, 0.15) is 0 Å². The van der Waals surface area contributed by atoms with E-state index in [2.05, 4.69) is 15.4 Å². The summed E-state index contributed by atoms with van der Waals surface area (Å²) in [6.07, 6.45) is 10.2. The van der Waals surface area contributed by atoms with Crippen molar-refractivity contribution in [1.82, 2.24) is 15.1 Å². The smallest absolute Gasteiger partial charge is 0.264 e. The predicted octanol–water partition coefficient (Wildman–Crippen LogP) is 4.03. The van der Waals surface area contributed by atoms with E-state index in [0.717, 1.165) is 24.1 Å². The van der Waals surface area contributed by atoms with Gasteiger partial charge >= 0.3 is 0 Å². The molecule has 1 aromatic heterocycles. The van der Waals surface area contributed by atoms with E-state index in [9.17, 15) is 4.79 Å². The molecule has 1 N–H and O–H groups in total. The van der Waals surface area contributed by atoms with Gasteiger partial charge in [-0.25, -0.2) is 4.68 Å². The minimum Gasteiger partial charge on any atom is -0.301 e. The van der Waals surface area contributed by atoms with Crippen LogP contribution in [0.25, 0.3) is 11.8 Å². The van der Waals surface area contributed by atoms with Gasteiger partial charge in [0.2, 0.25) is 0 Å². The maximum Gasteiger partial charge on any atom is 0.264 e. The topological polar surface area (TPSA) is 59.3 Å². The zero-order valence-electron chi connectivity index (χ0n) is 13.5. The fourth-order valence-corrected chi connectivity index (χ4v) is 4.00. The maximum atomic E-state index is 12.2. The van der Waals surface area contributed by atoms with Crippen molar-refractivity contribution < 1.29 is 4.79 Å². The zero-order chi connectivity index (χ0) is 17.2. The Balaban J connectivity index is 1.51. The molecule has 2 heterocycles. The van der Waals surface area contributed by atoms with E-state index in [1.54, 1.807) is 10.9 Å². The van der Waals surface area contributed by atoms with E-state index in [1.165, 1.54) is 24.6 Å². The number of aliphatic imine (C=N–C) groups is 1. The molecule has 2 aliphatic rings. The molecule has 0 radical (unpaired) electrons. The van der Waals surface area contributed by atoms with Gasteiger partial charge in [0.05, 0.1) is 22.8 Å². The van der Waals surface area contributed by atoms with E-state index in [0.29, 0.717) is 21.1 Å². The van der Waals surface area contributed by atoms with Crippen molar-refractivity contribution in [3.8, 4) is 5.69 Å². The van der Waals surface area contributed by atoms with Gasteiger partial charge in [-0.05, 0) is 54.9 Å². The molecule has 5 nitrogen and oxygen atoms in total.